The minimum absolute atomic E-state index is 0.0204. The molecule has 0 bridgehead atoms. The average molecular weight is 348 g/mol. The van der Waals surface area contributed by atoms with Crippen LogP contribution >= 0.6 is 0 Å². The topological polar surface area (TPSA) is 68.2 Å². The van der Waals surface area contributed by atoms with Crippen LogP contribution in [0, 0.1) is 0 Å². The van der Waals surface area contributed by atoms with E-state index in [1.165, 1.54) is 0 Å². The fourth-order valence-electron chi connectivity index (χ4n) is 3.45. The largest absolute Gasteiger partial charge is 0.372 e. The van der Waals surface area contributed by atoms with Gasteiger partial charge in [0.1, 0.15) is 5.69 Å². The number of ether oxygens (including phenoxy) is 1. The van der Waals surface area contributed by atoms with Crippen molar-refractivity contribution in [2.75, 3.05) is 13.1 Å². The van der Waals surface area contributed by atoms with Crippen LogP contribution < -0.4 is 0 Å². The van der Waals surface area contributed by atoms with Gasteiger partial charge in [0.15, 0.2) is 0 Å². The van der Waals surface area contributed by atoms with Crippen molar-refractivity contribution in [2.24, 2.45) is 0 Å². The molecule has 0 unspecified atom stereocenters. The summed E-state index contributed by atoms with van der Waals surface area (Å²) in [6.07, 6.45) is 7.00. The van der Waals surface area contributed by atoms with Crippen molar-refractivity contribution in [3.8, 4) is 11.1 Å². The van der Waals surface area contributed by atoms with Crippen molar-refractivity contribution in [1.29, 1.82) is 0 Å². The number of nitrogens with zero attached hydrogens (tertiary/aromatic N) is 4. The summed E-state index contributed by atoms with van der Waals surface area (Å²) in [4.78, 5) is 27.8. The van der Waals surface area contributed by atoms with E-state index >= 15 is 0 Å². The van der Waals surface area contributed by atoms with Crippen LogP contribution in [-0.4, -0.2) is 51.1 Å². The van der Waals surface area contributed by atoms with Gasteiger partial charge in [-0.2, -0.15) is 0 Å². The van der Waals surface area contributed by atoms with Crippen molar-refractivity contribution in [2.45, 2.75) is 26.1 Å². The Labute approximate surface area is 151 Å². The zero-order valence-electron chi connectivity index (χ0n) is 14.8. The lowest BCUT2D eigenvalue weighted by molar-refractivity contribution is -0.0587. The standard InChI is InChI=1S/C20H20N4O2/c1-13-11-24(12-14(2)26-13)20(25)19-9-16(15-3-6-21-7-4-15)17-10-22-8-5-18(17)23-19/h3-10,13-14H,11-12H2,1-2H3/t13-,14-/m0/s1. The monoisotopic (exact) mass is 348 g/mol. The maximum absolute atomic E-state index is 13.1. The summed E-state index contributed by atoms with van der Waals surface area (Å²) in [6, 6.07) is 7.54. The molecule has 4 rings (SSSR count). The van der Waals surface area contributed by atoms with Gasteiger partial charge < -0.3 is 9.64 Å². The molecule has 1 amide bonds. The molecule has 1 fully saturated rings. The first-order valence-corrected chi connectivity index (χ1v) is 8.71. The molecule has 6 nitrogen and oxygen atoms in total. The second-order valence-corrected chi connectivity index (χ2v) is 6.65. The highest BCUT2D eigenvalue weighted by Crippen LogP contribution is 2.28. The van der Waals surface area contributed by atoms with Gasteiger partial charge in [-0.3, -0.25) is 14.8 Å². The van der Waals surface area contributed by atoms with Crippen molar-refractivity contribution in [1.82, 2.24) is 19.9 Å². The lowest BCUT2D eigenvalue weighted by atomic mass is 10.0. The number of fused-ring (bicyclic) bond motifs is 1. The van der Waals surface area contributed by atoms with Gasteiger partial charge in [-0.05, 0) is 49.2 Å². The molecule has 1 saturated heterocycles. The molecule has 0 radical (unpaired) electrons. The second-order valence-electron chi connectivity index (χ2n) is 6.65. The molecule has 4 heterocycles. The Balaban J connectivity index is 1.80. The lowest BCUT2D eigenvalue weighted by Crippen LogP contribution is -2.48. The number of hydrogen-bond acceptors (Lipinski definition) is 5. The second kappa shape index (κ2) is 6.80. The van der Waals surface area contributed by atoms with Gasteiger partial charge in [-0.25, -0.2) is 4.98 Å². The number of rotatable bonds is 2. The van der Waals surface area contributed by atoms with Crippen LogP contribution in [0.5, 0.6) is 0 Å². The molecule has 3 aromatic heterocycles. The molecule has 132 valence electrons. The predicted octanol–water partition coefficient (Wildman–Crippen LogP) is 2.94. The zero-order chi connectivity index (χ0) is 18.1. The number of pyridine rings is 3. The highest BCUT2D eigenvalue weighted by molar-refractivity contribution is 6.01. The third kappa shape index (κ3) is 3.15. The van der Waals surface area contributed by atoms with Gasteiger partial charge in [0.05, 0.1) is 17.7 Å². The van der Waals surface area contributed by atoms with Crippen molar-refractivity contribution in [3.63, 3.8) is 0 Å². The van der Waals surface area contributed by atoms with Crippen LogP contribution in [0.1, 0.15) is 24.3 Å². The van der Waals surface area contributed by atoms with Gasteiger partial charge in [0.2, 0.25) is 0 Å². The molecule has 0 saturated carbocycles. The summed E-state index contributed by atoms with van der Waals surface area (Å²) < 4.78 is 5.74. The Hall–Kier alpha value is -2.86. The van der Waals surface area contributed by atoms with E-state index in [0.29, 0.717) is 18.8 Å². The van der Waals surface area contributed by atoms with Crippen molar-refractivity contribution >= 4 is 16.8 Å². The Kier molecular flexibility index (Phi) is 4.34. The fourth-order valence-corrected chi connectivity index (χ4v) is 3.45. The molecule has 2 atom stereocenters. The molecule has 3 aromatic rings. The van der Waals surface area contributed by atoms with Gasteiger partial charge >= 0.3 is 0 Å². The minimum atomic E-state index is -0.0685. The Morgan fingerprint density at radius 3 is 2.50 bits per heavy atom. The highest BCUT2D eigenvalue weighted by atomic mass is 16.5. The Morgan fingerprint density at radius 1 is 1.08 bits per heavy atom. The third-order valence-corrected chi connectivity index (χ3v) is 4.53. The van der Waals surface area contributed by atoms with E-state index in [4.69, 9.17) is 4.74 Å². The molecular weight excluding hydrogens is 328 g/mol. The first kappa shape index (κ1) is 16.6. The van der Waals surface area contributed by atoms with Crippen molar-refractivity contribution in [3.05, 3.63) is 54.7 Å². The minimum Gasteiger partial charge on any atom is -0.372 e. The number of morpholine rings is 1. The van der Waals surface area contributed by atoms with Gasteiger partial charge in [-0.15, -0.1) is 0 Å². The predicted molar refractivity (Wildman–Crippen MR) is 98.7 cm³/mol. The third-order valence-electron chi connectivity index (χ3n) is 4.53. The van der Waals surface area contributed by atoms with Gasteiger partial charge in [0, 0.05) is 43.3 Å². The smallest absolute Gasteiger partial charge is 0.272 e. The van der Waals surface area contributed by atoms with Crippen LogP contribution in [0.25, 0.3) is 22.0 Å². The average Bonchev–Trinajstić information content (AvgIpc) is 2.66. The van der Waals surface area contributed by atoms with Crippen LogP contribution in [0.2, 0.25) is 0 Å². The first-order chi connectivity index (χ1) is 12.6. The van der Waals surface area contributed by atoms with Crippen LogP contribution in [0.4, 0.5) is 0 Å². The van der Waals surface area contributed by atoms with E-state index in [1.54, 1.807) is 24.8 Å². The van der Waals surface area contributed by atoms with Gasteiger partial charge in [-0.1, -0.05) is 0 Å². The van der Waals surface area contributed by atoms with E-state index in [-0.39, 0.29) is 18.1 Å². The molecule has 1 aliphatic heterocycles. The van der Waals surface area contributed by atoms with E-state index in [2.05, 4.69) is 15.0 Å². The van der Waals surface area contributed by atoms with Crippen molar-refractivity contribution < 1.29 is 9.53 Å². The van der Waals surface area contributed by atoms with E-state index in [0.717, 1.165) is 22.0 Å². The number of aromatic nitrogens is 3. The Bertz CT molecular complexity index is 935. The van der Waals surface area contributed by atoms with Crippen LogP contribution in [0.3, 0.4) is 0 Å². The maximum Gasteiger partial charge on any atom is 0.272 e. The summed E-state index contributed by atoms with van der Waals surface area (Å²) in [6.45, 7) is 5.11. The molecule has 0 N–H and O–H groups in total. The number of carbonyl (C=O) groups is 1. The fraction of sp³-hybridized carbons (Fsp3) is 0.300. The number of carbonyl (C=O) groups excluding carboxylic acids is 1. The summed E-state index contributed by atoms with van der Waals surface area (Å²) in [5, 5.41) is 0.916. The molecule has 26 heavy (non-hydrogen) atoms. The van der Waals surface area contributed by atoms with Crippen LogP contribution in [0.15, 0.2) is 49.1 Å². The number of amides is 1. The molecule has 0 aromatic carbocycles. The van der Waals surface area contributed by atoms with Crippen LogP contribution in [-0.2, 0) is 4.74 Å². The maximum atomic E-state index is 13.1. The summed E-state index contributed by atoms with van der Waals surface area (Å²) in [7, 11) is 0. The summed E-state index contributed by atoms with van der Waals surface area (Å²) in [5.41, 5.74) is 3.12. The lowest BCUT2D eigenvalue weighted by Gasteiger charge is -2.35. The molecule has 0 spiro atoms. The molecular formula is C20H20N4O2. The van der Waals surface area contributed by atoms with Gasteiger partial charge in [0.25, 0.3) is 5.91 Å². The highest BCUT2D eigenvalue weighted by Gasteiger charge is 2.27. The van der Waals surface area contributed by atoms with E-state index < -0.39 is 0 Å². The van der Waals surface area contributed by atoms with E-state index in [1.807, 2.05) is 43.0 Å². The van der Waals surface area contributed by atoms with E-state index in [9.17, 15) is 4.79 Å². The Morgan fingerprint density at radius 2 is 1.77 bits per heavy atom. The quantitative estimate of drug-likeness (QED) is 0.712. The molecule has 1 aliphatic rings. The molecule has 0 aliphatic carbocycles. The zero-order valence-corrected chi connectivity index (χ0v) is 14.8. The SMILES string of the molecule is C[C@H]1CN(C(=O)c2cc(-c3ccncc3)c3cnccc3n2)C[C@H](C)O1. The first-order valence-electron chi connectivity index (χ1n) is 8.71. The summed E-state index contributed by atoms with van der Waals surface area (Å²) >= 11 is 0. The summed E-state index contributed by atoms with van der Waals surface area (Å²) in [5.74, 6) is -0.0685. The number of hydrogen-bond donors (Lipinski definition) is 0. The molecule has 6 heteroatoms. The normalized spacial score (nSPS) is 20.3.